The van der Waals surface area contributed by atoms with Crippen molar-refractivity contribution < 1.29 is 9.26 Å². The molecular weight excluding hydrogens is 220 g/mol. The first kappa shape index (κ1) is 9.79. The van der Waals surface area contributed by atoms with E-state index in [1.165, 1.54) is 7.11 Å². The Morgan fingerprint density at radius 2 is 2.33 bits per heavy atom. The van der Waals surface area contributed by atoms with Crippen molar-refractivity contribution in [2.75, 3.05) is 7.11 Å². The molecule has 0 radical (unpaired) electrons. The summed E-state index contributed by atoms with van der Waals surface area (Å²) in [7, 11) is 1.51. The highest BCUT2D eigenvalue weighted by Crippen LogP contribution is 2.33. The lowest BCUT2D eigenvalue weighted by molar-refractivity contribution is 0.386. The molecule has 0 aliphatic carbocycles. The van der Waals surface area contributed by atoms with E-state index >= 15 is 0 Å². The monoisotopic (exact) mass is 226 g/mol. The van der Waals surface area contributed by atoms with Crippen molar-refractivity contribution in [3.63, 3.8) is 0 Å². The molecule has 0 aliphatic rings. The average molecular weight is 227 g/mol. The number of aromatic nitrogens is 2. The van der Waals surface area contributed by atoms with Crippen LogP contribution in [0.4, 0.5) is 0 Å². The largest absolute Gasteiger partial charge is 0.496 e. The maximum absolute atomic E-state index is 10.8. The van der Waals surface area contributed by atoms with Crippen LogP contribution in [-0.2, 0) is 0 Å². The maximum atomic E-state index is 10.8. The number of methoxy groups -OCH3 is 1. The van der Waals surface area contributed by atoms with Crippen molar-refractivity contribution in [2.24, 2.45) is 0 Å². The van der Waals surface area contributed by atoms with Crippen molar-refractivity contribution in [1.82, 2.24) is 10.1 Å². The quantitative estimate of drug-likeness (QED) is 0.846. The van der Waals surface area contributed by atoms with E-state index in [1.807, 2.05) is 0 Å². The number of hydrogen-bond acceptors (Lipinski definition) is 4. The molecule has 0 spiro atoms. The number of aromatic amines is 1. The van der Waals surface area contributed by atoms with E-state index in [0.717, 1.165) is 0 Å². The molecule has 2 aromatic rings. The van der Waals surface area contributed by atoms with Crippen molar-refractivity contribution >= 4 is 11.6 Å². The molecule has 1 aromatic heterocycles. The van der Waals surface area contributed by atoms with E-state index in [1.54, 1.807) is 18.2 Å². The number of halogens is 1. The number of ether oxygens (including phenoxy) is 1. The smallest absolute Gasteiger partial charge is 0.439 e. The summed E-state index contributed by atoms with van der Waals surface area (Å²) in [4.78, 5) is 13.2. The van der Waals surface area contributed by atoms with Crippen LogP contribution < -0.4 is 10.5 Å². The van der Waals surface area contributed by atoms with Crippen LogP contribution in [0.25, 0.3) is 11.4 Å². The van der Waals surface area contributed by atoms with E-state index in [9.17, 15) is 4.79 Å². The molecular formula is C9H7ClN2O3. The molecule has 0 fully saturated rings. The van der Waals surface area contributed by atoms with Gasteiger partial charge in [0, 0.05) is 0 Å². The van der Waals surface area contributed by atoms with Gasteiger partial charge < -0.3 is 4.74 Å². The summed E-state index contributed by atoms with van der Waals surface area (Å²) >= 11 is 5.97. The summed E-state index contributed by atoms with van der Waals surface area (Å²) in [5.74, 6) is 0.140. The van der Waals surface area contributed by atoms with Gasteiger partial charge in [-0.1, -0.05) is 22.8 Å². The minimum absolute atomic E-state index is 0.252. The van der Waals surface area contributed by atoms with E-state index in [-0.39, 0.29) is 5.82 Å². The standard InChI is InChI=1S/C9H7ClN2O3/c1-14-6-4-2-3-5(10)7(6)8-11-9(13)15-12-8/h2-4H,1H3,(H,11,12,13). The first-order valence-corrected chi connectivity index (χ1v) is 4.49. The van der Waals surface area contributed by atoms with E-state index < -0.39 is 5.76 Å². The average Bonchev–Trinajstić information content (AvgIpc) is 2.64. The Kier molecular flexibility index (Phi) is 2.47. The van der Waals surface area contributed by atoms with E-state index in [2.05, 4.69) is 14.7 Å². The van der Waals surface area contributed by atoms with Gasteiger partial charge in [0.15, 0.2) is 5.82 Å². The Morgan fingerprint density at radius 1 is 1.53 bits per heavy atom. The minimum Gasteiger partial charge on any atom is -0.496 e. The van der Waals surface area contributed by atoms with Crippen LogP contribution in [0.3, 0.4) is 0 Å². The lowest BCUT2D eigenvalue weighted by atomic mass is 10.2. The third-order valence-corrected chi connectivity index (χ3v) is 2.19. The van der Waals surface area contributed by atoms with Gasteiger partial charge in [-0.15, -0.1) is 0 Å². The molecule has 5 nitrogen and oxygen atoms in total. The number of rotatable bonds is 2. The highest BCUT2D eigenvalue weighted by atomic mass is 35.5. The van der Waals surface area contributed by atoms with Gasteiger partial charge in [-0.25, -0.2) is 4.79 Å². The first-order valence-electron chi connectivity index (χ1n) is 4.11. The van der Waals surface area contributed by atoms with E-state index in [4.69, 9.17) is 16.3 Å². The Balaban J connectivity index is 2.65. The van der Waals surface area contributed by atoms with Crippen molar-refractivity contribution in [3.8, 4) is 17.1 Å². The SMILES string of the molecule is COc1cccc(Cl)c1-c1noc(=O)[nH]1. The number of nitrogens with zero attached hydrogens (tertiary/aromatic N) is 1. The van der Waals surface area contributed by atoms with Crippen molar-refractivity contribution in [1.29, 1.82) is 0 Å². The highest BCUT2D eigenvalue weighted by molar-refractivity contribution is 6.33. The third kappa shape index (κ3) is 1.73. The fourth-order valence-corrected chi connectivity index (χ4v) is 1.50. The van der Waals surface area contributed by atoms with Crippen LogP contribution in [0.2, 0.25) is 5.02 Å². The van der Waals surface area contributed by atoms with E-state index in [0.29, 0.717) is 16.3 Å². The Hall–Kier alpha value is -1.75. The summed E-state index contributed by atoms with van der Waals surface area (Å²) in [6.45, 7) is 0. The predicted octanol–water partition coefficient (Wildman–Crippen LogP) is 1.69. The van der Waals surface area contributed by atoms with Crippen molar-refractivity contribution in [3.05, 3.63) is 33.8 Å². The van der Waals surface area contributed by atoms with Crippen LogP contribution >= 0.6 is 11.6 Å². The second-order valence-electron chi connectivity index (χ2n) is 2.76. The summed E-state index contributed by atoms with van der Waals surface area (Å²) in [6.07, 6.45) is 0. The normalized spacial score (nSPS) is 10.3. The van der Waals surface area contributed by atoms with Crippen LogP contribution in [0.15, 0.2) is 27.5 Å². The number of nitrogens with one attached hydrogen (secondary N) is 1. The molecule has 1 N–H and O–H groups in total. The van der Waals surface area contributed by atoms with Crippen LogP contribution in [-0.4, -0.2) is 17.3 Å². The molecule has 0 unspecified atom stereocenters. The summed E-state index contributed by atoms with van der Waals surface area (Å²) < 4.78 is 9.50. The van der Waals surface area contributed by atoms with Gasteiger partial charge >= 0.3 is 5.76 Å². The third-order valence-electron chi connectivity index (χ3n) is 1.87. The van der Waals surface area contributed by atoms with Gasteiger partial charge in [0.25, 0.3) is 0 Å². The molecule has 0 aliphatic heterocycles. The molecule has 0 bridgehead atoms. The Labute approximate surface area is 89.6 Å². The first-order chi connectivity index (χ1) is 7.22. The maximum Gasteiger partial charge on any atom is 0.439 e. The zero-order valence-electron chi connectivity index (χ0n) is 7.78. The predicted molar refractivity (Wildman–Crippen MR) is 54.1 cm³/mol. The highest BCUT2D eigenvalue weighted by Gasteiger charge is 2.14. The molecule has 0 amide bonds. The fourth-order valence-electron chi connectivity index (χ4n) is 1.24. The Morgan fingerprint density at radius 3 is 2.93 bits per heavy atom. The second kappa shape index (κ2) is 3.78. The number of hydrogen-bond donors (Lipinski definition) is 1. The lowest BCUT2D eigenvalue weighted by Crippen LogP contribution is -1.96. The van der Waals surface area contributed by atoms with Gasteiger partial charge in [0.05, 0.1) is 17.7 Å². The molecule has 0 saturated carbocycles. The van der Waals surface area contributed by atoms with Gasteiger partial charge in [-0.05, 0) is 12.1 Å². The molecule has 6 heteroatoms. The van der Waals surface area contributed by atoms with Gasteiger partial charge in [0.1, 0.15) is 5.75 Å². The molecule has 2 rings (SSSR count). The fraction of sp³-hybridized carbons (Fsp3) is 0.111. The number of benzene rings is 1. The molecule has 15 heavy (non-hydrogen) atoms. The molecule has 1 heterocycles. The van der Waals surface area contributed by atoms with Gasteiger partial charge in [-0.2, -0.15) is 0 Å². The lowest BCUT2D eigenvalue weighted by Gasteiger charge is -2.06. The van der Waals surface area contributed by atoms with Gasteiger partial charge in [0.2, 0.25) is 0 Å². The van der Waals surface area contributed by atoms with Crippen molar-refractivity contribution in [2.45, 2.75) is 0 Å². The molecule has 78 valence electrons. The zero-order valence-corrected chi connectivity index (χ0v) is 8.54. The minimum atomic E-state index is -0.632. The zero-order chi connectivity index (χ0) is 10.8. The van der Waals surface area contributed by atoms with Gasteiger partial charge in [-0.3, -0.25) is 9.51 Å². The van der Waals surface area contributed by atoms with Crippen LogP contribution in [0, 0.1) is 0 Å². The summed E-state index contributed by atoms with van der Waals surface area (Å²) in [5.41, 5.74) is 0.507. The Bertz CT molecular complexity index is 532. The second-order valence-corrected chi connectivity index (χ2v) is 3.17. The molecule has 1 aromatic carbocycles. The topological polar surface area (TPSA) is 68.1 Å². The summed E-state index contributed by atoms with van der Waals surface area (Å²) in [5, 5.41) is 3.98. The number of H-pyrrole nitrogens is 1. The van der Waals surface area contributed by atoms with Crippen LogP contribution in [0.1, 0.15) is 0 Å². The molecule has 0 atom stereocenters. The van der Waals surface area contributed by atoms with Crippen LogP contribution in [0.5, 0.6) is 5.75 Å². The summed E-state index contributed by atoms with van der Waals surface area (Å²) in [6, 6.07) is 5.13. The molecule has 0 saturated heterocycles.